The lowest BCUT2D eigenvalue weighted by atomic mass is 10.2. The molecule has 98 valence electrons. The summed E-state index contributed by atoms with van der Waals surface area (Å²) in [6, 6.07) is 2.88. The monoisotopic (exact) mass is 249 g/mol. The van der Waals surface area contributed by atoms with Crippen LogP contribution in [0.4, 0.5) is 5.82 Å². The standard InChI is InChI=1S/C12H19N5O/c18-12(4-5-14-9-1-2-9)16-11-3-6-15-17(11)10-7-13-8-10/h3,6,9-10,13-14H,1-2,4-5,7-8H2,(H,16,18). The summed E-state index contributed by atoms with van der Waals surface area (Å²) in [7, 11) is 0. The van der Waals surface area contributed by atoms with E-state index in [-0.39, 0.29) is 5.91 Å². The predicted molar refractivity (Wildman–Crippen MR) is 68.4 cm³/mol. The Morgan fingerprint density at radius 2 is 2.33 bits per heavy atom. The lowest BCUT2D eigenvalue weighted by molar-refractivity contribution is -0.116. The Balaban J connectivity index is 1.48. The van der Waals surface area contributed by atoms with Crippen molar-refractivity contribution in [1.29, 1.82) is 0 Å². The van der Waals surface area contributed by atoms with Crippen molar-refractivity contribution in [1.82, 2.24) is 20.4 Å². The van der Waals surface area contributed by atoms with Gasteiger partial charge in [-0.3, -0.25) is 4.79 Å². The molecule has 2 aliphatic rings. The van der Waals surface area contributed by atoms with E-state index < -0.39 is 0 Å². The summed E-state index contributed by atoms with van der Waals surface area (Å²) in [5, 5.41) is 13.7. The topological polar surface area (TPSA) is 71.0 Å². The molecule has 1 saturated carbocycles. The summed E-state index contributed by atoms with van der Waals surface area (Å²) in [5.41, 5.74) is 0. The highest BCUT2D eigenvalue weighted by Crippen LogP contribution is 2.19. The smallest absolute Gasteiger partial charge is 0.226 e. The van der Waals surface area contributed by atoms with Crippen LogP contribution in [-0.4, -0.2) is 41.4 Å². The lowest BCUT2D eigenvalue weighted by Gasteiger charge is -2.28. The lowest BCUT2D eigenvalue weighted by Crippen LogP contribution is -2.44. The molecule has 2 fully saturated rings. The number of amides is 1. The van der Waals surface area contributed by atoms with Gasteiger partial charge in [0.25, 0.3) is 0 Å². The summed E-state index contributed by atoms with van der Waals surface area (Å²) in [5.74, 6) is 0.857. The van der Waals surface area contributed by atoms with E-state index in [9.17, 15) is 4.79 Å². The number of anilines is 1. The molecule has 0 radical (unpaired) electrons. The highest BCUT2D eigenvalue weighted by atomic mass is 16.1. The molecule has 1 amide bonds. The molecule has 0 unspecified atom stereocenters. The zero-order valence-electron chi connectivity index (χ0n) is 10.4. The van der Waals surface area contributed by atoms with Crippen LogP contribution in [0, 0.1) is 0 Å². The number of carbonyl (C=O) groups excluding carboxylic acids is 1. The Bertz CT molecular complexity index is 422. The number of nitrogens with one attached hydrogen (secondary N) is 3. The Morgan fingerprint density at radius 3 is 3.00 bits per heavy atom. The van der Waals surface area contributed by atoms with Gasteiger partial charge in [-0.1, -0.05) is 0 Å². The Kier molecular flexibility index (Phi) is 3.29. The van der Waals surface area contributed by atoms with Crippen LogP contribution in [0.25, 0.3) is 0 Å². The first-order valence-electron chi connectivity index (χ1n) is 6.60. The van der Waals surface area contributed by atoms with E-state index in [1.807, 2.05) is 10.7 Å². The molecule has 3 rings (SSSR count). The van der Waals surface area contributed by atoms with E-state index in [4.69, 9.17) is 0 Å². The second kappa shape index (κ2) is 5.07. The van der Waals surface area contributed by atoms with Gasteiger partial charge in [-0.25, -0.2) is 4.68 Å². The summed E-state index contributed by atoms with van der Waals surface area (Å²) in [4.78, 5) is 11.8. The molecule has 18 heavy (non-hydrogen) atoms. The molecule has 2 heterocycles. The summed E-state index contributed by atoms with van der Waals surface area (Å²) in [6.45, 7) is 2.61. The van der Waals surface area contributed by atoms with Gasteiger partial charge < -0.3 is 16.0 Å². The Hall–Kier alpha value is -1.40. The van der Waals surface area contributed by atoms with E-state index in [2.05, 4.69) is 21.0 Å². The molecule has 3 N–H and O–H groups in total. The van der Waals surface area contributed by atoms with E-state index in [0.717, 1.165) is 25.5 Å². The molecular formula is C12H19N5O. The highest BCUT2D eigenvalue weighted by Gasteiger charge is 2.22. The molecule has 6 heteroatoms. The molecule has 0 aromatic carbocycles. The van der Waals surface area contributed by atoms with Crippen molar-refractivity contribution < 1.29 is 4.79 Å². The maximum atomic E-state index is 11.8. The SMILES string of the molecule is O=C(CCNC1CC1)Nc1ccnn1C1CNC1. The Morgan fingerprint density at radius 1 is 1.50 bits per heavy atom. The van der Waals surface area contributed by atoms with Crippen molar-refractivity contribution in [3.63, 3.8) is 0 Å². The van der Waals surface area contributed by atoms with Crippen molar-refractivity contribution >= 4 is 11.7 Å². The van der Waals surface area contributed by atoms with Crippen LogP contribution in [0.15, 0.2) is 12.3 Å². The van der Waals surface area contributed by atoms with Crippen molar-refractivity contribution in [3.8, 4) is 0 Å². The van der Waals surface area contributed by atoms with E-state index in [1.165, 1.54) is 12.8 Å². The molecule has 1 aliphatic heterocycles. The minimum Gasteiger partial charge on any atom is -0.313 e. The van der Waals surface area contributed by atoms with Crippen LogP contribution in [0.3, 0.4) is 0 Å². The second-order valence-corrected chi connectivity index (χ2v) is 5.00. The number of aromatic nitrogens is 2. The normalized spacial score (nSPS) is 19.6. The van der Waals surface area contributed by atoms with Crippen LogP contribution in [0.1, 0.15) is 25.3 Å². The predicted octanol–water partition coefficient (Wildman–Crippen LogP) is 0.108. The average molecular weight is 249 g/mol. The van der Waals surface area contributed by atoms with Gasteiger partial charge in [0.05, 0.1) is 12.2 Å². The van der Waals surface area contributed by atoms with Gasteiger partial charge in [0.2, 0.25) is 5.91 Å². The van der Waals surface area contributed by atoms with Gasteiger partial charge in [0.15, 0.2) is 0 Å². The first-order valence-corrected chi connectivity index (χ1v) is 6.60. The van der Waals surface area contributed by atoms with Crippen LogP contribution in [0.5, 0.6) is 0 Å². The molecule has 6 nitrogen and oxygen atoms in total. The minimum atomic E-state index is 0.0529. The number of rotatable bonds is 6. The number of nitrogens with zero attached hydrogens (tertiary/aromatic N) is 2. The quantitative estimate of drug-likeness (QED) is 0.669. The number of carbonyl (C=O) groups is 1. The molecule has 0 bridgehead atoms. The zero-order valence-corrected chi connectivity index (χ0v) is 10.4. The van der Waals surface area contributed by atoms with Crippen LogP contribution in [-0.2, 0) is 4.79 Å². The molecular weight excluding hydrogens is 230 g/mol. The summed E-state index contributed by atoms with van der Waals surface area (Å²) < 4.78 is 1.89. The molecule has 1 aliphatic carbocycles. The maximum absolute atomic E-state index is 11.8. The van der Waals surface area contributed by atoms with Crippen LogP contribution >= 0.6 is 0 Å². The third-order valence-corrected chi connectivity index (χ3v) is 3.41. The largest absolute Gasteiger partial charge is 0.313 e. The minimum absolute atomic E-state index is 0.0529. The van der Waals surface area contributed by atoms with Gasteiger partial charge in [-0.15, -0.1) is 0 Å². The van der Waals surface area contributed by atoms with Crippen molar-refractivity contribution in [2.45, 2.75) is 31.3 Å². The van der Waals surface area contributed by atoms with E-state index in [1.54, 1.807) is 6.20 Å². The van der Waals surface area contributed by atoms with Crippen molar-refractivity contribution in [2.75, 3.05) is 25.0 Å². The fourth-order valence-corrected chi connectivity index (χ4v) is 2.03. The number of hydrogen-bond acceptors (Lipinski definition) is 4. The van der Waals surface area contributed by atoms with Crippen LogP contribution < -0.4 is 16.0 Å². The highest BCUT2D eigenvalue weighted by molar-refractivity contribution is 5.89. The maximum Gasteiger partial charge on any atom is 0.226 e. The van der Waals surface area contributed by atoms with Gasteiger partial charge in [-0.05, 0) is 12.8 Å². The second-order valence-electron chi connectivity index (χ2n) is 5.00. The van der Waals surface area contributed by atoms with E-state index >= 15 is 0 Å². The first kappa shape index (κ1) is 11.7. The van der Waals surface area contributed by atoms with Gasteiger partial charge >= 0.3 is 0 Å². The third kappa shape index (κ3) is 2.70. The van der Waals surface area contributed by atoms with Gasteiger partial charge in [0.1, 0.15) is 5.82 Å². The first-order chi connectivity index (χ1) is 8.83. The molecule has 1 aromatic rings. The third-order valence-electron chi connectivity index (χ3n) is 3.41. The van der Waals surface area contributed by atoms with Crippen molar-refractivity contribution in [2.24, 2.45) is 0 Å². The fourth-order valence-electron chi connectivity index (χ4n) is 2.03. The summed E-state index contributed by atoms with van der Waals surface area (Å²) in [6.07, 6.45) is 4.76. The average Bonchev–Trinajstić information content (AvgIpc) is 2.99. The molecule has 1 aromatic heterocycles. The Labute approximate surface area is 106 Å². The summed E-state index contributed by atoms with van der Waals surface area (Å²) >= 11 is 0. The zero-order chi connectivity index (χ0) is 12.4. The van der Waals surface area contributed by atoms with Gasteiger partial charge in [0, 0.05) is 38.2 Å². The van der Waals surface area contributed by atoms with Gasteiger partial charge in [-0.2, -0.15) is 5.10 Å². The molecule has 0 atom stereocenters. The van der Waals surface area contributed by atoms with Crippen molar-refractivity contribution in [3.05, 3.63) is 12.3 Å². The molecule has 0 spiro atoms. The number of hydrogen-bond donors (Lipinski definition) is 3. The van der Waals surface area contributed by atoms with Crippen LogP contribution in [0.2, 0.25) is 0 Å². The molecule has 1 saturated heterocycles. The fraction of sp³-hybridized carbons (Fsp3) is 0.667. The van der Waals surface area contributed by atoms with E-state index in [0.29, 0.717) is 18.5 Å².